The summed E-state index contributed by atoms with van der Waals surface area (Å²) in [4.78, 5) is 11.2. The summed E-state index contributed by atoms with van der Waals surface area (Å²) in [6, 6.07) is 0. The number of ketones is 1. The zero-order valence-electron chi connectivity index (χ0n) is 9.14. The van der Waals surface area contributed by atoms with Crippen LogP contribution in [-0.4, -0.2) is 17.3 Å². The number of Topliss-reactive ketones (excluding diaryl/α,β-unsaturated/α-hetero) is 1. The van der Waals surface area contributed by atoms with Gasteiger partial charge in [0, 0.05) is 11.7 Å². The Kier molecular flexibility index (Phi) is 8.62. The Morgan fingerprint density at radius 1 is 1.31 bits per heavy atom. The van der Waals surface area contributed by atoms with E-state index in [-0.39, 0.29) is 0 Å². The lowest BCUT2D eigenvalue weighted by molar-refractivity contribution is -0.120. The maximum absolute atomic E-state index is 11.2. The fourth-order valence-corrected chi connectivity index (χ4v) is 2.57. The van der Waals surface area contributed by atoms with Crippen LogP contribution in [0.3, 0.4) is 0 Å². The fourth-order valence-electron chi connectivity index (χ4n) is 1.22. The maximum atomic E-state index is 11.2. The highest BCUT2D eigenvalue weighted by Gasteiger charge is 2.12. The van der Waals surface area contributed by atoms with Gasteiger partial charge >= 0.3 is 0 Å². The summed E-state index contributed by atoms with van der Waals surface area (Å²) < 4.78 is 0. The van der Waals surface area contributed by atoms with E-state index >= 15 is 0 Å². The summed E-state index contributed by atoms with van der Waals surface area (Å²) in [5, 5.41) is 0. The molecule has 2 heteroatoms. The molecule has 0 fully saturated rings. The molecule has 1 nitrogen and oxygen atoms in total. The van der Waals surface area contributed by atoms with Crippen molar-refractivity contribution in [3.05, 3.63) is 0 Å². The van der Waals surface area contributed by atoms with Gasteiger partial charge in [0.05, 0.1) is 0 Å². The highest BCUT2D eigenvalue weighted by atomic mass is 32.2. The lowest BCUT2D eigenvalue weighted by atomic mass is 10.0. The lowest BCUT2D eigenvalue weighted by Gasteiger charge is -2.11. The number of hydrogen-bond donors (Lipinski definition) is 0. The molecule has 0 radical (unpaired) electrons. The quantitative estimate of drug-likeness (QED) is 0.560. The Bertz CT molecular complexity index is 134. The number of thioether (sulfide) groups is 1. The molecule has 0 saturated carbocycles. The summed E-state index contributed by atoms with van der Waals surface area (Å²) in [5.74, 6) is 2.92. The monoisotopic (exact) mass is 202 g/mol. The minimum Gasteiger partial charge on any atom is -0.300 e. The van der Waals surface area contributed by atoms with Crippen LogP contribution < -0.4 is 0 Å². The lowest BCUT2D eigenvalue weighted by Crippen LogP contribution is -2.13. The number of unbranched alkanes of at least 4 members (excludes halogenated alkanes) is 1. The van der Waals surface area contributed by atoms with Crippen LogP contribution in [0.2, 0.25) is 0 Å². The van der Waals surface area contributed by atoms with Gasteiger partial charge in [0.2, 0.25) is 0 Å². The van der Waals surface area contributed by atoms with E-state index < -0.39 is 0 Å². The first-order chi connectivity index (χ1) is 6.22. The normalized spacial score (nSPS) is 12.8. The molecule has 1 unspecified atom stereocenters. The molecule has 0 aliphatic carbocycles. The highest BCUT2D eigenvalue weighted by molar-refractivity contribution is 7.99. The molecule has 13 heavy (non-hydrogen) atoms. The van der Waals surface area contributed by atoms with E-state index in [4.69, 9.17) is 0 Å². The summed E-state index contributed by atoms with van der Waals surface area (Å²) in [6.45, 7) is 6.07. The van der Waals surface area contributed by atoms with Crippen LogP contribution in [-0.2, 0) is 4.79 Å². The second-order valence-electron chi connectivity index (χ2n) is 3.52. The van der Waals surface area contributed by atoms with E-state index in [1.54, 1.807) is 6.92 Å². The van der Waals surface area contributed by atoms with Gasteiger partial charge in [0.25, 0.3) is 0 Å². The van der Waals surface area contributed by atoms with Crippen molar-refractivity contribution in [2.24, 2.45) is 5.92 Å². The predicted molar refractivity (Wildman–Crippen MR) is 61.3 cm³/mol. The molecule has 0 aromatic heterocycles. The Morgan fingerprint density at radius 3 is 2.46 bits per heavy atom. The third kappa shape index (κ3) is 7.12. The van der Waals surface area contributed by atoms with Gasteiger partial charge in [-0.05, 0) is 25.5 Å². The molecule has 78 valence electrons. The predicted octanol–water partition coefficient (Wildman–Crippen LogP) is 3.53. The average Bonchev–Trinajstić information content (AvgIpc) is 2.10. The van der Waals surface area contributed by atoms with Crippen LogP contribution >= 0.6 is 11.8 Å². The standard InChI is InChI=1S/C11H22OS/c1-4-6-8-13-9-11(7-5-2)10(3)12/h11H,4-9H2,1-3H3. The van der Waals surface area contributed by atoms with Crippen LogP contribution in [0.25, 0.3) is 0 Å². The molecule has 0 aromatic rings. The first-order valence-corrected chi connectivity index (χ1v) is 6.46. The molecule has 0 amide bonds. The number of carbonyl (C=O) groups excluding carboxylic acids is 1. The topological polar surface area (TPSA) is 17.1 Å². The Labute approximate surface area is 86.7 Å². The Morgan fingerprint density at radius 2 is 2.00 bits per heavy atom. The smallest absolute Gasteiger partial charge is 0.133 e. The zero-order valence-corrected chi connectivity index (χ0v) is 9.95. The molecule has 0 aromatic carbocycles. The third-order valence-corrected chi connectivity index (χ3v) is 3.39. The molecule has 0 aliphatic rings. The highest BCUT2D eigenvalue weighted by Crippen LogP contribution is 2.16. The van der Waals surface area contributed by atoms with Crippen molar-refractivity contribution in [1.29, 1.82) is 0 Å². The van der Waals surface area contributed by atoms with Crippen molar-refractivity contribution in [2.45, 2.75) is 46.5 Å². The van der Waals surface area contributed by atoms with E-state index in [2.05, 4.69) is 13.8 Å². The fraction of sp³-hybridized carbons (Fsp3) is 0.909. The SMILES string of the molecule is CCCCSCC(CCC)C(C)=O. The van der Waals surface area contributed by atoms with Crippen LogP contribution in [0.5, 0.6) is 0 Å². The average molecular weight is 202 g/mol. The Balaban J connectivity index is 3.51. The summed E-state index contributed by atoms with van der Waals surface area (Å²) in [6.07, 6.45) is 4.72. The molecular formula is C11H22OS. The zero-order chi connectivity index (χ0) is 10.1. The summed E-state index contributed by atoms with van der Waals surface area (Å²) in [5.41, 5.74) is 0. The van der Waals surface area contributed by atoms with Gasteiger partial charge in [0.15, 0.2) is 0 Å². The molecule has 0 heterocycles. The van der Waals surface area contributed by atoms with Gasteiger partial charge in [-0.2, -0.15) is 11.8 Å². The van der Waals surface area contributed by atoms with E-state index in [1.165, 1.54) is 18.6 Å². The number of hydrogen-bond acceptors (Lipinski definition) is 2. The van der Waals surface area contributed by atoms with Crippen molar-refractivity contribution in [3.63, 3.8) is 0 Å². The van der Waals surface area contributed by atoms with Crippen molar-refractivity contribution < 1.29 is 4.79 Å². The van der Waals surface area contributed by atoms with Crippen molar-refractivity contribution in [1.82, 2.24) is 0 Å². The minimum atomic E-state index is 0.312. The molecule has 0 aliphatic heterocycles. The van der Waals surface area contributed by atoms with Gasteiger partial charge in [-0.1, -0.05) is 26.7 Å². The van der Waals surface area contributed by atoms with Crippen molar-refractivity contribution in [2.75, 3.05) is 11.5 Å². The number of carbonyl (C=O) groups is 1. The molecule has 0 rings (SSSR count). The maximum Gasteiger partial charge on any atom is 0.133 e. The van der Waals surface area contributed by atoms with E-state index in [0.717, 1.165) is 18.6 Å². The van der Waals surface area contributed by atoms with E-state index in [0.29, 0.717) is 11.7 Å². The van der Waals surface area contributed by atoms with Crippen LogP contribution in [0.4, 0.5) is 0 Å². The Hall–Kier alpha value is 0.0200. The largest absolute Gasteiger partial charge is 0.300 e. The van der Waals surface area contributed by atoms with Gasteiger partial charge in [0.1, 0.15) is 5.78 Å². The molecular weight excluding hydrogens is 180 g/mol. The molecule has 0 saturated heterocycles. The third-order valence-electron chi connectivity index (χ3n) is 2.17. The van der Waals surface area contributed by atoms with E-state index in [9.17, 15) is 4.79 Å². The van der Waals surface area contributed by atoms with Crippen LogP contribution in [0.1, 0.15) is 46.5 Å². The summed E-state index contributed by atoms with van der Waals surface area (Å²) in [7, 11) is 0. The van der Waals surface area contributed by atoms with Crippen molar-refractivity contribution in [3.8, 4) is 0 Å². The molecule has 0 bridgehead atoms. The first-order valence-electron chi connectivity index (χ1n) is 5.30. The van der Waals surface area contributed by atoms with E-state index in [1.807, 2.05) is 11.8 Å². The van der Waals surface area contributed by atoms with Crippen LogP contribution in [0.15, 0.2) is 0 Å². The van der Waals surface area contributed by atoms with Crippen LogP contribution in [0, 0.1) is 5.92 Å². The molecule has 0 N–H and O–H groups in total. The van der Waals surface area contributed by atoms with Gasteiger partial charge in [-0.25, -0.2) is 0 Å². The first kappa shape index (κ1) is 13.0. The second-order valence-corrected chi connectivity index (χ2v) is 4.67. The molecule has 1 atom stereocenters. The van der Waals surface area contributed by atoms with Gasteiger partial charge in [-0.3, -0.25) is 4.79 Å². The summed E-state index contributed by atoms with van der Waals surface area (Å²) >= 11 is 1.93. The number of rotatable bonds is 8. The van der Waals surface area contributed by atoms with Gasteiger partial charge in [-0.15, -0.1) is 0 Å². The second kappa shape index (κ2) is 8.61. The minimum absolute atomic E-state index is 0.312. The van der Waals surface area contributed by atoms with Gasteiger partial charge < -0.3 is 0 Å². The molecule has 0 spiro atoms. The van der Waals surface area contributed by atoms with Crippen molar-refractivity contribution >= 4 is 17.5 Å².